The number of thiophene rings is 1. The number of aromatic nitrogens is 2. The third-order valence-corrected chi connectivity index (χ3v) is 4.00. The fourth-order valence-electron chi connectivity index (χ4n) is 1.94. The number of rotatable bonds is 3. The molecule has 0 spiro atoms. The maximum atomic E-state index is 6.19. The van der Waals surface area contributed by atoms with Gasteiger partial charge in [0, 0.05) is 23.7 Å². The number of aryl methyl sites for hydroxylation is 2. The zero-order valence-corrected chi connectivity index (χ0v) is 10.7. The van der Waals surface area contributed by atoms with E-state index in [1.54, 1.807) is 11.3 Å². The molecule has 0 aromatic carbocycles. The van der Waals surface area contributed by atoms with Crippen molar-refractivity contribution < 1.29 is 0 Å². The Bertz CT molecular complexity index is 471. The molecular formula is C12H17N3S. The first-order valence-corrected chi connectivity index (χ1v) is 6.25. The van der Waals surface area contributed by atoms with E-state index >= 15 is 0 Å². The number of hydrogen-bond acceptors (Lipinski definition) is 3. The van der Waals surface area contributed by atoms with Crippen molar-refractivity contribution in [3.8, 4) is 0 Å². The van der Waals surface area contributed by atoms with Gasteiger partial charge in [-0.25, -0.2) is 0 Å². The summed E-state index contributed by atoms with van der Waals surface area (Å²) in [4.78, 5) is 1.24. The van der Waals surface area contributed by atoms with Crippen LogP contribution in [0.25, 0.3) is 0 Å². The van der Waals surface area contributed by atoms with Gasteiger partial charge in [0.2, 0.25) is 0 Å². The van der Waals surface area contributed by atoms with Crippen molar-refractivity contribution in [3.05, 3.63) is 39.3 Å². The lowest BCUT2D eigenvalue weighted by atomic mass is 10.0. The second-order valence-corrected chi connectivity index (χ2v) is 5.08. The zero-order valence-electron chi connectivity index (χ0n) is 9.90. The van der Waals surface area contributed by atoms with Crippen LogP contribution in [-0.4, -0.2) is 9.78 Å². The Kier molecular flexibility index (Phi) is 3.12. The summed E-state index contributed by atoms with van der Waals surface area (Å²) in [5.41, 5.74) is 9.78. The minimum absolute atomic E-state index is 0.0848. The van der Waals surface area contributed by atoms with Gasteiger partial charge in [-0.2, -0.15) is 5.10 Å². The van der Waals surface area contributed by atoms with E-state index in [-0.39, 0.29) is 6.04 Å². The molecule has 0 aliphatic heterocycles. The Balaban J connectivity index is 2.21. The summed E-state index contributed by atoms with van der Waals surface area (Å²) < 4.78 is 1.92. The van der Waals surface area contributed by atoms with E-state index in [4.69, 9.17) is 5.73 Å². The Hall–Kier alpha value is -1.13. The van der Waals surface area contributed by atoms with Crippen LogP contribution in [0, 0.1) is 13.8 Å². The van der Waals surface area contributed by atoms with Gasteiger partial charge in [-0.05, 0) is 37.3 Å². The van der Waals surface area contributed by atoms with Crippen molar-refractivity contribution in [3.63, 3.8) is 0 Å². The standard InChI is InChI=1S/C12H17N3S/c1-8-10(9(2)15(3)14-8)7-11(13)12-5-4-6-16-12/h4-6,11H,7,13H2,1-3H3. The van der Waals surface area contributed by atoms with Crippen LogP contribution in [0.1, 0.15) is 27.9 Å². The van der Waals surface area contributed by atoms with Gasteiger partial charge in [0.05, 0.1) is 5.69 Å². The van der Waals surface area contributed by atoms with Gasteiger partial charge in [-0.1, -0.05) is 6.07 Å². The molecule has 16 heavy (non-hydrogen) atoms. The summed E-state index contributed by atoms with van der Waals surface area (Å²) in [6.07, 6.45) is 0.867. The molecule has 4 heteroatoms. The van der Waals surface area contributed by atoms with Gasteiger partial charge in [0.15, 0.2) is 0 Å². The highest BCUT2D eigenvalue weighted by molar-refractivity contribution is 7.10. The summed E-state index contributed by atoms with van der Waals surface area (Å²) in [6.45, 7) is 4.14. The predicted octanol–water partition coefficient (Wildman–Crippen LogP) is 2.34. The smallest absolute Gasteiger partial charge is 0.0629 e. The third-order valence-electron chi connectivity index (χ3n) is 2.99. The first-order chi connectivity index (χ1) is 7.59. The molecule has 3 nitrogen and oxygen atoms in total. The Morgan fingerprint density at radius 1 is 1.50 bits per heavy atom. The lowest BCUT2D eigenvalue weighted by Gasteiger charge is -2.09. The van der Waals surface area contributed by atoms with E-state index in [2.05, 4.69) is 23.5 Å². The van der Waals surface area contributed by atoms with E-state index < -0.39 is 0 Å². The molecule has 0 aliphatic carbocycles. The van der Waals surface area contributed by atoms with Gasteiger partial charge in [-0.15, -0.1) is 11.3 Å². The number of nitrogens with two attached hydrogens (primary N) is 1. The average molecular weight is 235 g/mol. The van der Waals surface area contributed by atoms with Crippen molar-refractivity contribution in [1.29, 1.82) is 0 Å². The highest BCUT2D eigenvalue weighted by atomic mass is 32.1. The monoisotopic (exact) mass is 235 g/mol. The molecule has 86 valence electrons. The third kappa shape index (κ3) is 2.03. The van der Waals surface area contributed by atoms with Crippen LogP contribution in [0.2, 0.25) is 0 Å². The number of hydrogen-bond donors (Lipinski definition) is 1. The maximum Gasteiger partial charge on any atom is 0.0629 e. The molecule has 0 amide bonds. The summed E-state index contributed by atoms with van der Waals surface area (Å²) >= 11 is 1.72. The first kappa shape index (κ1) is 11.4. The molecule has 0 aliphatic rings. The SMILES string of the molecule is Cc1nn(C)c(C)c1CC(N)c1cccs1. The van der Waals surface area contributed by atoms with E-state index in [1.165, 1.54) is 16.1 Å². The number of nitrogens with zero attached hydrogens (tertiary/aromatic N) is 2. The van der Waals surface area contributed by atoms with Crippen LogP contribution in [0.5, 0.6) is 0 Å². The molecule has 2 N–H and O–H groups in total. The molecule has 1 unspecified atom stereocenters. The van der Waals surface area contributed by atoms with Crippen LogP contribution < -0.4 is 5.73 Å². The van der Waals surface area contributed by atoms with Crippen molar-refractivity contribution in [1.82, 2.24) is 9.78 Å². The van der Waals surface area contributed by atoms with Gasteiger partial charge in [-0.3, -0.25) is 4.68 Å². The molecule has 0 radical (unpaired) electrons. The molecule has 2 rings (SSSR count). The molecular weight excluding hydrogens is 218 g/mol. The van der Waals surface area contributed by atoms with Crippen molar-refractivity contribution in [2.75, 3.05) is 0 Å². The van der Waals surface area contributed by atoms with Crippen molar-refractivity contribution in [2.45, 2.75) is 26.3 Å². The minimum Gasteiger partial charge on any atom is -0.323 e. The van der Waals surface area contributed by atoms with Gasteiger partial charge >= 0.3 is 0 Å². The van der Waals surface area contributed by atoms with Gasteiger partial charge in [0.25, 0.3) is 0 Å². The highest BCUT2D eigenvalue weighted by Gasteiger charge is 2.14. The zero-order chi connectivity index (χ0) is 11.7. The summed E-state index contributed by atoms with van der Waals surface area (Å²) in [6, 6.07) is 4.22. The minimum atomic E-state index is 0.0848. The summed E-state index contributed by atoms with van der Waals surface area (Å²) in [5.74, 6) is 0. The molecule has 0 bridgehead atoms. The van der Waals surface area contributed by atoms with Crippen LogP contribution in [0.3, 0.4) is 0 Å². The Morgan fingerprint density at radius 3 is 2.75 bits per heavy atom. The molecule has 0 saturated carbocycles. The second kappa shape index (κ2) is 4.39. The second-order valence-electron chi connectivity index (χ2n) is 4.10. The first-order valence-electron chi connectivity index (χ1n) is 5.37. The van der Waals surface area contributed by atoms with Crippen LogP contribution in [0.4, 0.5) is 0 Å². The molecule has 1 atom stereocenters. The van der Waals surface area contributed by atoms with E-state index in [9.17, 15) is 0 Å². The Morgan fingerprint density at radius 2 is 2.25 bits per heavy atom. The summed E-state index contributed by atoms with van der Waals surface area (Å²) in [5, 5.41) is 6.48. The fourth-order valence-corrected chi connectivity index (χ4v) is 2.67. The van der Waals surface area contributed by atoms with E-state index in [0.29, 0.717) is 0 Å². The van der Waals surface area contributed by atoms with Crippen molar-refractivity contribution >= 4 is 11.3 Å². The van der Waals surface area contributed by atoms with E-state index in [0.717, 1.165) is 12.1 Å². The molecule has 2 aromatic heterocycles. The van der Waals surface area contributed by atoms with Crippen molar-refractivity contribution in [2.24, 2.45) is 12.8 Å². The Labute approximate surface area is 99.9 Å². The largest absolute Gasteiger partial charge is 0.323 e. The lowest BCUT2D eigenvalue weighted by Crippen LogP contribution is -2.12. The van der Waals surface area contributed by atoms with E-state index in [1.807, 2.05) is 24.7 Å². The molecule has 2 aromatic rings. The average Bonchev–Trinajstić information content (AvgIpc) is 2.83. The van der Waals surface area contributed by atoms with Gasteiger partial charge < -0.3 is 5.73 Å². The maximum absolute atomic E-state index is 6.19. The quantitative estimate of drug-likeness (QED) is 0.887. The fraction of sp³-hybridized carbons (Fsp3) is 0.417. The normalized spacial score (nSPS) is 13.0. The highest BCUT2D eigenvalue weighted by Crippen LogP contribution is 2.23. The van der Waals surface area contributed by atoms with Crippen LogP contribution in [-0.2, 0) is 13.5 Å². The molecule has 2 heterocycles. The van der Waals surface area contributed by atoms with Crippen LogP contribution in [0.15, 0.2) is 17.5 Å². The lowest BCUT2D eigenvalue weighted by molar-refractivity contribution is 0.716. The summed E-state index contributed by atoms with van der Waals surface area (Å²) in [7, 11) is 1.97. The van der Waals surface area contributed by atoms with Crippen LogP contribution >= 0.6 is 11.3 Å². The van der Waals surface area contributed by atoms with Gasteiger partial charge in [0.1, 0.15) is 0 Å². The predicted molar refractivity (Wildman–Crippen MR) is 67.6 cm³/mol. The molecule has 0 fully saturated rings. The topological polar surface area (TPSA) is 43.8 Å². The molecule has 0 saturated heterocycles.